The van der Waals surface area contributed by atoms with Gasteiger partial charge in [0.1, 0.15) is 0 Å². The van der Waals surface area contributed by atoms with Gasteiger partial charge in [-0.05, 0) is 12.5 Å². The van der Waals surface area contributed by atoms with Crippen molar-refractivity contribution >= 4 is 28.3 Å². The number of anilines is 1. The average molecular weight is 264 g/mol. The summed E-state index contributed by atoms with van der Waals surface area (Å²) in [5.41, 5.74) is 7.23. The zero-order valence-corrected chi connectivity index (χ0v) is 10.8. The molecule has 0 aliphatic heterocycles. The predicted octanol–water partition coefficient (Wildman–Crippen LogP) is 2.12. The van der Waals surface area contributed by atoms with Crippen LogP contribution < -0.4 is 5.73 Å². The molecule has 0 aliphatic rings. The van der Waals surface area contributed by atoms with Crippen LogP contribution in [0.4, 0.5) is 11.4 Å². The Morgan fingerprint density at radius 1 is 1.56 bits per heavy atom. The lowest BCUT2D eigenvalue weighted by Crippen LogP contribution is -1.97. The van der Waals surface area contributed by atoms with E-state index in [9.17, 15) is 14.9 Å². The summed E-state index contributed by atoms with van der Waals surface area (Å²) in [6.45, 7) is 3.15. The molecular formula is C12H12N2O3S. The molecule has 0 amide bonds. The molecule has 0 saturated carbocycles. The Hall–Kier alpha value is -2.00. The number of benzene rings is 1. The summed E-state index contributed by atoms with van der Waals surface area (Å²) in [6.07, 6.45) is 0. The molecule has 1 rings (SSSR count). The Morgan fingerprint density at radius 2 is 2.22 bits per heavy atom. The fraction of sp³-hybridized carbons (Fsp3) is 0.250. The van der Waals surface area contributed by atoms with Gasteiger partial charge in [-0.3, -0.25) is 14.9 Å². The highest BCUT2D eigenvalue weighted by molar-refractivity contribution is 8.13. The summed E-state index contributed by atoms with van der Waals surface area (Å²) in [5, 5.41) is 10.7. The van der Waals surface area contributed by atoms with Gasteiger partial charge >= 0.3 is 0 Å². The van der Waals surface area contributed by atoms with Crippen molar-refractivity contribution in [3.05, 3.63) is 33.4 Å². The second-order valence-corrected chi connectivity index (χ2v) is 4.72. The number of hydrogen-bond donors (Lipinski definition) is 1. The zero-order valence-electron chi connectivity index (χ0n) is 10.0. The van der Waals surface area contributed by atoms with Crippen molar-refractivity contribution in [3.63, 3.8) is 0 Å². The lowest BCUT2D eigenvalue weighted by molar-refractivity contribution is -0.384. The highest BCUT2D eigenvalue weighted by atomic mass is 32.2. The third-order valence-electron chi connectivity index (χ3n) is 2.15. The van der Waals surface area contributed by atoms with Crippen molar-refractivity contribution in [2.45, 2.75) is 13.8 Å². The minimum Gasteiger partial charge on any atom is -0.397 e. The minimum absolute atomic E-state index is 0.0208. The molecule has 1 aromatic rings. The number of nitrogens with two attached hydrogens (primary N) is 1. The van der Waals surface area contributed by atoms with Crippen LogP contribution in [0.25, 0.3) is 0 Å². The molecule has 0 aromatic heterocycles. The van der Waals surface area contributed by atoms with Crippen LogP contribution in [-0.2, 0) is 4.79 Å². The molecule has 0 heterocycles. The minimum atomic E-state index is -0.484. The van der Waals surface area contributed by atoms with E-state index in [1.807, 2.05) is 0 Å². The van der Waals surface area contributed by atoms with Crippen molar-refractivity contribution in [2.75, 3.05) is 11.5 Å². The van der Waals surface area contributed by atoms with Crippen LogP contribution in [0, 0.1) is 28.9 Å². The molecule has 0 bridgehead atoms. The fourth-order valence-electron chi connectivity index (χ4n) is 1.26. The van der Waals surface area contributed by atoms with Crippen LogP contribution >= 0.6 is 11.8 Å². The van der Waals surface area contributed by atoms with E-state index < -0.39 is 4.92 Å². The fourth-order valence-corrected chi connectivity index (χ4v) is 1.60. The van der Waals surface area contributed by atoms with Crippen molar-refractivity contribution in [1.29, 1.82) is 0 Å². The number of nitro groups is 1. The van der Waals surface area contributed by atoms with Gasteiger partial charge in [0.15, 0.2) is 5.12 Å². The number of carbonyl (C=O) groups excluding carboxylic acids is 1. The summed E-state index contributed by atoms with van der Waals surface area (Å²) in [7, 11) is 0. The summed E-state index contributed by atoms with van der Waals surface area (Å²) in [5.74, 6) is 5.85. The summed E-state index contributed by atoms with van der Waals surface area (Å²) >= 11 is 1.08. The molecule has 6 heteroatoms. The van der Waals surface area contributed by atoms with Gasteiger partial charge in [-0.25, -0.2) is 0 Å². The average Bonchev–Trinajstić information content (AvgIpc) is 2.28. The van der Waals surface area contributed by atoms with Gasteiger partial charge in [0.2, 0.25) is 0 Å². The first-order valence-corrected chi connectivity index (χ1v) is 6.07. The first-order chi connectivity index (χ1) is 8.41. The number of nitrogen functional groups attached to an aromatic ring is 1. The third kappa shape index (κ3) is 3.79. The van der Waals surface area contributed by atoms with Gasteiger partial charge in [0, 0.05) is 19.1 Å². The summed E-state index contributed by atoms with van der Waals surface area (Å²) in [4.78, 5) is 20.9. The molecule has 0 fully saturated rings. The maximum Gasteiger partial charge on any atom is 0.271 e. The smallest absolute Gasteiger partial charge is 0.271 e. The SMILES string of the molecule is CC(=O)SCC#Cc1cc([N+](=O)[O-])cc(C)c1N. The van der Waals surface area contributed by atoms with E-state index >= 15 is 0 Å². The number of non-ortho nitro benzene ring substituents is 1. The first kappa shape index (κ1) is 14.1. The predicted molar refractivity (Wildman–Crippen MR) is 72.3 cm³/mol. The summed E-state index contributed by atoms with van der Waals surface area (Å²) < 4.78 is 0. The van der Waals surface area contributed by atoms with Crippen molar-refractivity contribution in [2.24, 2.45) is 0 Å². The zero-order chi connectivity index (χ0) is 13.7. The number of nitro benzene ring substituents is 1. The normalized spacial score (nSPS) is 9.44. The quantitative estimate of drug-likeness (QED) is 0.382. The second-order valence-electron chi connectivity index (χ2n) is 3.56. The van der Waals surface area contributed by atoms with E-state index in [4.69, 9.17) is 5.73 Å². The summed E-state index contributed by atoms with van der Waals surface area (Å²) in [6, 6.07) is 2.75. The number of rotatable bonds is 2. The van der Waals surface area contributed by atoms with E-state index in [1.165, 1.54) is 19.1 Å². The maximum atomic E-state index is 10.7. The Morgan fingerprint density at radius 3 is 2.78 bits per heavy atom. The van der Waals surface area contributed by atoms with E-state index in [0.29, 0.717) is 22.6 Å². The lowest BCUT2D eigenvalue weighted by Gasteiger charge is -2.02. The van der Waals surface area contributed by atoms with Crippen LogP contribution in [0.1, 0.15) is 18.1 Å². The molecule has 0 radical (unpaired) electrons. The van der Waals surface area contributed by atoms with E-state index in [-0.39, 0.29) is 10.8 Å². The van der Waals surface area contributed by atoms with Gasteiger partial charge in [-0.15, -0.1) is 0 Å². The lowest BCUT2D eigenvalue weighted by atomic mass is 10.1. The van der Waals surface area contributed by atoms with Crippen LogP contribution in [0.15, 0.2) is 12.1 Å². The Labute approximate surface area is 109 Å². The van der Waals surface area contributed by atoms with E-state index in [1.54, 1.807) is 6.92 Å². The molecule has 1 aromatic carbocycles. The number of carbonyl (C=O) groups is 1. The number of thioether (sulfide) groups is 1. The molecule has 0 saturated heterocycles. The van der Waals surface area contributed by atoms with E-state index in [2.05, 4.69) is 11.8 Å². The maximum absolute atomic E-state index is 10.7. The van der Waals surface area contributed by atoms with Crippen LogP contribution in [0.3, 0.4) is 0 Å². The second kappa shape index (κ2) is 6.07. The molecule has 2 N–H and O–H groups in total. The van der Waals surface area contributed by atoms with E-state index in [0.717, 1.165) is 11.8 Å². The Kier molecular flexibility index (Phi) is 4.75. The van der Waals surface area contributed by atoms with Gasteiger partial charge in [0.25, 0.3) is 5.69 Å². The molecule has 94 valence electrons. The number of hydrogen-bond acceptors (Lipinski definition) is 5. The number of nitrogens with zero attached hydrogens (tertiary/aromatic N) is 1. The molecule has 0 atom stereocenters. The Balaban J connectivity index is 3.00. The van der Waals surface area contributed by atoms with Crippen LogP contribution in [0.5, 0.6) is 0 Å². The Bertz CT molecular complexity index is 558. The molecule has 5 nitrogen and oxygen atoms in total. The number of aryl methyl sites for hydroxylation is 1. The van der Waals surface area contributed by atoms with Crippen LogP contribution in [0.2, 0.25) is 0 Å². The molecule has 18 heavy (non-hydrogen) atoms. The largest absolute Gasteiger partial charge is 0.397 e. The standard InChI is InChI=1S/C12H12N2O3S/c1-8-6-11(14(16)17)7-10(12(8)13)4-3-5-18-9(2)15/h6-7H,5,13H2,1-2H3. The molecular weight excluding hydrogens is 252 g/mol. The van der Waals surface area contributed by atoms with Crippen molar-refractivity contribution in [3.8, 4) is 11.8 Å². The van der Waals surface area contributed by atoms with Gasteiger partial charge in [-0.2, -0.15) is 0 Å². The van der Waals surface area contributed by atoms with Crippen molar-refractivity contribution in [1.82, 2.24) is 0 Å². The first-order valence-electron chi connectivity index (χ1n) is 5.08. The van der Waals surface area contributed by atoms with Gasteiger partial charge in [-0.1, -0.05) is 23.6 Å². The van der Waals surface area contributed by atoms with Gasteiger partial charge < -0.3 is 5.73 Å². The molecule has 0 unspecified atom stereocenters. The topological polar surface area (TPSA) is 86.2 Å². The van der Waals surface area contributed by atoms with Crippen molar-refractivity contribution < 1.29 is 9.72 Å². The highest BCUT2D eigenvalue weighted by Crippen LogP contribution is 2.23. The highest BCUT2D eigenvalue weighted by Gasteiger charge is 2.10. The van der Waals surface area contributed by atoms with Crippen LogP contribution in [-0.4, -0.2) is 15.8 Å². The van der Waals surface area contributed by atoms with Gasteiger partial charge in [0.05, 0.1) is 21.9 Å². The molecule has 0 spiro atoms. The third-order valence-corrected chi connectivity index (χ3v) is 2.85. The molecule has 0 aliphatic carbocycles. The monoisotopic (exact) mass is 264 g/mol.